The first-order chi connectivity index (χ1) is 18.9. The maximum absolute atomic E-state index is 13.2. The molecule has 2 N–H and O–H groups in total. The van der Waals surface area contributed by atoms with Gasteiger partial charge in [-0.15, -0.1) is 13.2 Å². The van der Waals surface area contributed by atoms with Gasteiger partial charge in [0, 0.05) is 18.7 Å². The average molecular weight is 634 g/mol. The SMILES string of the molecule is CCn1nc(C(=O)NCC2(O)CCC(C)CC2)c(Cl)c1-c1ccc(CC(C)C(F)(F)F)cc1OC(F)(F)F.O=S=O. The zero-order valence-corrected chi connectivity index (χ0v) is 23.9. The number of nitrogens with one attached hydrogen (secondary N) is 1. The number of halogens is 7. The number of aromatic nitrogens is 2. The molecule has 1 aromatic heterocycles. The van der Waals surface area contributed by atoms with Gasteiger partial charge in [-0.2, -0.15) is 26.7 Å². The third-order valence-corrected chi connectivity index (χ3v) is 7.18. The number of hydrogen-bond donors (Lipinski definition) is 2. The number of rotatable bonds is 8. The Balaban J connectivity index is 0.00000187. The molecule has 1 saturated carbocycles. The fraction of sp³-hybridized carbons (Fsp3) is 0.600. The maximum atomic E-state index is 13.2. The second kappa shape index (κ2) is 14.0. The number of carbonyl (C=O) groups is 1. The Morgan fingerprint density at radius 3 is 2.34 bits per heavy atom. The second-order valence-electron chi connectivity index (χ2n) is 10.0. The van der Waals surface area contributed by atoms with E-state index in [0.717, 1.165) is 25.8 Å². The van der Waals surface area contributed by atoms with Crippen molar-refractivity contribution in [2.75, 3.05) is 6.54 Å². The Morgan fingerprint density at radius 1 is 1.24 bits per heavy atom. The normalized spacial score (nSPS) is 20.0. The number of benzene rings is 1. The van der Waals surface area contributed by atoms with Gasteiger partial charge in [-0.3, -0.25) is 9.48 Å². The molecular formula is C25H30ClF6N3O5S. The molecular weight excluding hydrogens is 604 g/mol. The van der Waals surface area contributed by atoms with Crippen LogP contribution in [0.25, 0.3) is 11.3 Å². The van der Waals surface area contributed by atoms with Crippen LogP contribution in [0.1, 0.15) is 62.5 Å². The minimum atomic E-state index is -5.14. The molecule has 230 valence electrons. The van der Waals surface area contributed by atoms with Crippen molar-refractivity contribution >= 4 is 29.1 Å². The first-order valence-electron chi connectivity index (χ1n) is 12.6. The third kappa shape index (κ3) is 9.70. The number of nitrogens with zero attached hydrogens (tertiary/aromatic N) is 2. The summed E-state index contributed by atoms with van der Waals surface area (Å²) in [6.45, 7) is 4.71. The summed E-state index contributed by atoms with van der Waals surface area (Å²) in [5.41, 5.74) is -1.61. The number of aliphatic hydroxyl groups is 1. The van der Waals surface area contributed by atoms with E-state index in [9.17, 15) is 36.2 Å². The van der Waals surface area contributed by atoms with E-state index in [4.69, 9.17) is 20.0 Å². The molecule has 1 aliphatic rings. The predicted octanol–water partition coefficient (Wildman–Crippen LogP) is 5.86. The van der Waals surface area contributed by atoms with E-state index in [2.05, 4.69) is 22.1 Å². The molecule has 41 heavy (non-hydrogen) atoms. The van der Waals surface area contributed by atoms with Gasteiger partial charge in [0.15, 0.2) is 5.69 Å². The fourth-order valence-electron chi connectivity index (χ4n) is 4.44. The molecule has 0 bridgehead atoms. The zero-order chi connectivity index (χ0) is 31.2. The van der Waals surface area contributed by atoms with Crippen LogP contribution in [0.3, 0.4) is 0 Å². The van der Waals surface area contributed by atoms with Crippen molar-refractivity contribution in [3.8, 4) is 17.0 Å². The zero-order valence-electron chi connectivity index (χ0n) is 22.4. The molecule has 16 heteroatoms. The minimum Gasteiger partial charge on any atom is -0.405 e. The molecule has 0 saturated heterocycles. The van der Waals surface area contributed by atoms with Gasteiger partial charge in [-0.25, -0.2) is 0 Å². The lowest BCUT2D eigenvalue weighted by Crippen LogP contribution is -2.45. The highest BCUT2D eigenvalue weighted by Crippen LogP contribution is 2.40. The monoisotopic (exact) mass is 633 g/mol. The lowest BCUT2D eigenvalue weighted by molar-refractivity contribution is -0.274. The number of alkyl halides is 6. The van der Waals surface area contributed by atoms with Crippen LogP contribution in [0.5, 0.6) is 5.75 Å². The summed E-state index contributed by atoms with van der Waals surface area (Å²) >= 11 is 5.70. The maximum Gasteiger partial charge on any atom is 0.573 e. The number of carbonyl (C=O) groups excluding carboxylic acids is 1. The Bertz CT molecular complexity index is 1240. The predicted molar refractivity (Wildman–Crippen MR) is 138 cm³/mol. The molecule has 1 aliphatic carbocycles. The van der Waals surface area contributed by atoms with Crippen molar-refractivity contribution in [3.63, 3.8) is 0 Å². The molecule has 2 aromatic rings. The summed E-state index contributed by atoms with van der Waals surface area (Å²) in [5.74, 6) is -2.81. The first-order valence-corrected chi connectivity index (χ1v) is 13.6. The molecule has 0 spiro atoms. The Kier molecular flexibility index (Phi) is 11.8. The van der Waals surface area contributed by atoms with Crippen LogP contribution < -0.4 is 10.1 Å². The number of amides is 1. The lowest BCUT2D eigenvalue weighted by Gasteiger charge is -2.34. The summed E-state index contributed by atoms with van der Waals surface area (Å²) < 4.78 is 101. The third-order valence-electron chi connectivity index (χ3n) is 6.82. The second-order valence-corrected chi connectivity index (χ2v) is 10.5. The lowest BCUT2D eigenvalue weighted by atomic mass is 9.79. The van der Waals surface area contributed by atoms with Crippen LogP contribution in [-0.2, 0) is 24.5 Å². The van der Waals surface area contributed by atoms with Crippen LogP contribution in [-0.4, -0.2) is 53.9 Å². The van der Waals surface area contributed by atoms with Crippen LogP contribution in [0, 0.1) is 11.8 Å². The van der Waals surface area contributed by atoms with Gasteiger partial charge >= 0.3 is 24.1 Å². The van der Waals surface area contributed by atoms with Crippen molar-refractivity contribution in [1.82, 2.24) is 15.1 Å². The van der Waals surface area contributed by atoms with E-state index in [0.29, 0.717) is 18.8 Å². The van der Waals surface area contributed by atoms with E-state index in [1.807, 2.05) is 0 Å². The largest absolute Gasteiger partial charge is 0.573 e. The molecule has 1 aromatic carbocycles. The quantitative estimate of drug-likeness (QED) is 0.352. The van der Waals surface area contributed by atoms with Gasteiger partial charge in [-0.1, -0.05) is 31.5 Å². The smallest absolute Gasteiger partial charge is 0.405 e. The molecule has 0 radical (unpaired) electrons. The van der Waals surface area contributed by atoms with Crippen molar-refractivity contribution in [2.24, 2.45) is 11.8 Å². The summed E-state index contributed by atoms with van der Waals surface area (Å²) in [6.07, 6.45) is -7.60. The summed E-state index contributed by atoms with van der Waals surface area (Å²) in [5, 5.41) is 17.3. The molecule has 1 atom stereocenters. The van der Waals surface area contributed by atoms with E-state index < -0.39 is 53.7 Å². The Labute approximate surface area is 241 Å². The molecule has 8 nitrogen and oxygen atoms in total. The summed E-state index contributed by atoms with van der Waals surface area (Å²) in [7, 11) is 0. The van der Waals surface area contributed by atoms with Crippen LogP contribution in [0.4, 0.5) is 26.3 Å². The van der Waals surface area contributed by atoms with Crippen LogP contribution in [0.2, 0.25) is 5.02 Å². The van der Waals surface area contributed by atoms with Crippen molar-refractivity contribution in [3.05, 3.63) is 34.5 Å². The standard InChI is InChI=1S/C25H30ClF6N3O3.O2S/c1-4-35-21(19(26)20(34-35)22(36)33-13-23(37)9-7-14(2)8-10-23)17-6-5-16(11-15(3)24(27,28)29)12-18(17)38-25(30,31)32;1-3-2/h5-6,12,14-15,37H,4,7-11,13H2,1-3H3,(H,33,36);. The van der Waals surface area contributed by atoms with Crippen molar-refractivity contribution < 1.29 is 49.4 Å². The van der Waals surface area contributed by atoms with Gasteiger partial charge in [0.25, 0.3) is 5.91 Å². The molecule has 0 aliphatic heterocycles. The summed E-state index contributed by atoms with van der Waals surface area (Å²) in [4.78, 5) is 12.9. The molecule has 3 rings (SSSR count). The highest BCUT2D eigenvalue weighted by atomic mass is 35.5. The minimum absolute atomic E-state index is 0.0236. The van der Waals surface area contributed by atoms with Gasteiger partial charge in [0.2, 0.25) is 0 Å². The van der Waals surface area contributed by atoms with E-state index in [1.54, 1.807) is 6.92 Å². The first kappa shape index (κ1) is 34.6. The molecule has 1 fully saturated rings. The van der Waals surface area contributed by atoms with Crippen LogP contribution >= 0.6 is 11.6 Å². The Hall–Kier alpha value is -2.65. The van der Waals surface area contributed by atoms with Gasteiger partial charge in [0.05, 0.1) is 22.2 Å². The number of aryl methyl sites for hydroxylation is 1. The van der Waals surface area contributed by atoms with Crippen molar-refractivity contribution in [2.45, 2.75) is 77.6 Å². The van der Waals surface area contributed by atoms with Gasteiger partial charge < -0.3 is 15.2 Å². The average Bonchev–Trinajstić information content (AvgIpc) is 3.20. The van der Waals surface area contributed by atoms with E-state index in [1.165, 1.54) is 16.8 Å². The molecule has 1 amide bonds. The van der Waals surface area contributed by atoms with Crippen molar-refractivity contribution in [1.29, 1.82) is 0 Å². The van der Waals surface area contributed by atoms with Gasteiger partial charge in [0.1, 0.15) is 5.75 Å². The van der Waals surface area contributed by atoms with E-state index >= 15 is 0 Å². The topological polar surface area (TPSA) is 111 Å². The fourth-order valence-corrected chi connectivity index (χ4v) is 4.77. The number of ether oxygens (including phenoxy) is 1. The van der Waals surface area contributed by atoms with Crippen LogP contribution in [0.15, 0.2) is 18.2 Å². The summed E-state index contributed by atoms with van der Waals surface area (Å²) in [6, 6.07) is 3.30. The number of hydrogen-bond acceptors (Lipinski definition) is 6. The van der Waals surface area contributed by atoms with E-state index in [-0.39, 0.29) is 40.6 Å². The Morgan fingerprint density at radius 2 is 1.83 bits per heavy atom. The molecule has 1 unspecified atom stereocenters. The highest BCUT2D eigenvalue weighted by Gasteiger charge is 2.37. The van der Waals surface area contributed by atoms with Gasteiger partial charge in [-0.05, 0) is 62.6 Å². The molecule has 1 heterocycles. The highest BCUT2D eigenvalue weighted by molar-refractivity contribution is 7.51.